The molecule has 1 aliphatic heterocycles. The Hall–Kier alpha value is -1.59. The highest BCUT2D eigenvalue weighted by atomic mass is 16.5. The molecular weight excluding hydrogens is 260 g/mol. The van der Waals surface area contributed by atoms with Crippen LogP contribution in [0.25, 0.3) is 0 Å². The van der Waals surface area contributed by atoms with Gasteiger partial charge in [0.2, 0.25) is 11.8 Å². The summed E-state index contributed by atoms with van der Waals surface area (Å²) < 4.78 is 4.86. The fourth-order valence-corrected chi connectivity index (χ4v) is 2.50. The van der Waals surface area contributed by atoms with Gasteiger partial charge in [-0.2, -0.15) is 0 Å². The Morgan fingerprint density at radius 3 is 2.60 bits per heavy atom. The number of nitrogens with one attached hydrogen (secondary N) is 1. The SMILES string of the molecule is CCOC(=O)C(C)NC(=O)C1CCCN1C(=O)C1CC1. The number of amides is 2. The van der Waals surface area contributed by atoms with Crippen molar-refractivity contribution in [2.75, 3.05) is 13.2 Å². The van der Waals surface area contributed by atoms with Crippen molar-refractivity contribution in [1.82, 2.24) is 10.2 Å². The van der Waals surface area contributed by atoms with Crippen molar-refractivity contribution < 1.29 is 19.1 Å². The lowest BCUT2D eigenvalue weighted by Gasteiger charge is -2.25. The zero-order valence-electron chi connectivity index (χ0n) is 12.1. The number of ether oxygens (including phenoxy) is 1. The molecular formula is C14H22N2O4. The maximum Gasteiger partial charge on any atom is 0.328 e. The van der Waals surface area contributed by atoms with E-state index in [1.165, 1.54) is 0 Å². The summed E-state index contributed by atoms with van der Waals surface area (Å²) >= 11 is 0. The van der Waals surface area contributed by atoms with Gasteiger partial charge < -0.3 is 15.0 Å². The van der Waals surface area contributed by atoms with Gasteiger partial charge in [-0.3, -0.25) is 9.59 Å². The van der Waals surface area contributed by atoms with E-state index in [0.717, 1.165) is 19.3 Å². The molecule has 1 heterocycles. The molecule has 1 N–H and O–H groups in total. The Morgan fingerprint density at radius 1 is 1.30 bits per heavy atom. The first kappa shape index (κ1) is 14.8. The lowest BCUT2D eigenvalue weighted by Crippen LogP contribution is -2.50. The van der Waals surface area contributed by atoms with Gasteiger partial charge in [-0.15, -0.1) is 0 Å². The van der Waals surface area contributed by atoms with E-state index in [9.17, 15) is 14.4 Å². The molecule has 0 aromatic rings. The summed E-state index contributed by atoms with van der Waals surface area (Å²) in [6.07, 6.45) is 3.37. The molecule has 2 aliphatic rings. The highest BCUT2D eigenvalue weighted by Crippen LogP contribution is 2.33. The molecule has 2 atom stereocenters. The summed E-state index contributed by atoms with van der Waals surface area (Å²) in [5.74, 6) is -0.492. The zero-order valence-corrected chi connectivity index (χ0v) is 12.1. The maximum absolute atomic E-state index is 12.2. The number of hydrogen-bond acceptors (Lipinski definition) is 4. The molecule has 6 nitrogen and oxygen atoms in total. The molecule has 2 unspecified atom stereocenters. The summed E-state index contributed by atoms with van der Waals surface area (Å²) in [5, 5.41) is 2.64. The van der Waals surface area contributed by atoms with Gasteiger partial charge in [0.25, 0.3) is 0 Å². The lowest BCUT2D eigenvalue weighted by molar-refractivity contribution is -0.147. The van der Waals surface area contributed by atoms with Crippen LogP contribution >= 0.6 is 0 Å². The van der Waals surface area contributed by atoms with Crippen LogP contribution in [0.2, 0.25) is 0 Å². The molecule has 0 bridgehead atoms. The Bertz CT molecular complexity index is 406. The molecule has 2 fully saturated rings. The summed E-state index contributed by atoms with van der Waals surface area (Å²) in [5.41, 5.74) is 0. The Kier molecular flexibility index (Phi) is 4.62. The van der Waals surface area contributed by atoms with E-state index < -0.39 is 18.1 Å². The average molecular weight is 282 g/mol. The topological polar surface area (TPSA) is 75.7 Å². The van der Waals surface area contributed by atoms with Gasteiger partial charge in [0.1, 0.15) is 12.1 Å². The Balaban J connectivity index is 1.90. The van der Waals surface area contributed by atoms with Gasteiger partial charge in [0.15, 0.2) is 0 Å². The fourth-order valence-electron chi connectivity index (χ4n) is 2.50. The van der Waals surface area contributed by atoms with E-state index in [2.05, 4.69) is 5.32 Å². The van der Waals surface area contributed by atoms with Crippen molar-refractivity contribution in [2.24, 2.45) is 5.92 Å². The van der Waals surface area contributed by atoms with Crippen LogP contribution in [0.15, 0.2) is 0 Å². The van der Waals surface area contributed by atoms with Crippen molar-refractivity contribution in [1.29, 1.82) is 0 Å². The lowest BCUT2D eigenvalue weighted by atomic mass is 10.2. The number of carbonyl (C=O) groups excluding carboxylic acids is 3. The van der Waals surface area contributed by atoms with Crippen LogP contribution < -0.4 is 5.32 Å². The van der Waals surface area contributed by atoms with Gasteiger partial charge in [0, 0.05) is 12.5 Å². The van der Waals surface area contributed by atoms with Crippen LogP contribution in [0.5, 0.6) is 0 Å². The van der Waals surface area contributed by atoms with Crippen LogP contribution in [-0.2, 0) is 19.1 Å². The number of likely N-dealkylation sites (tertiary alicyclic amines) is 1. The largest absolute Gasteiger partial charge is 0.464 e. The predicted octanol–water partition coefficient (Wildman–Crippen LogP) is 0.455. The van der Waals surface area contributed by atoms with Gasteiger partial charge >= 0.3 is 5.97 Å². The van der Waals surface area contributed by atoms with Gasteiger partial charge in [-0.05, 0) is 39.5 Å². The minimum absolute atomic E-state index is 0.0893. The summed E-state index contributed by atoms with van der Waals surface area (Å²) in [6.45, 7) is 4.24. The van der Waals surface area contributed by atoms with Crippen molar-refractivity contribution in [3.8, 4) is 0 Å². The van der Waals surface area contributed by atoms with Crippen molar-refractivity contribution in [3.05, 3.63) is 0 Å². The van der Waals surface area contributed by atoms with E-state index >= 15 is 0 Å². The normalized spacial score (nSPS) is 23.3. The fraction of sp³-hybridized carbons (Fsp3) is 0.786. The van der Waals surface area contributed by atoms with Crippen LogP contribution in [0.3, 0.4) is 0 Å². The Morgan fingerprint density at radius 2 is 2.00 bits per heavy atom. The van der Waals surface area contributed by atoms with E-state index in [4.69, 9.17) is 4.74 Å². The molecule has 1 saturated carbocycles. The van der Waals surface area contributed by atoms with Crippen LogP contribution in [0.1, 0.15) is 39.5 Å². The standard InChI is InChI=1S/C14H22N2O4/c1-3-20-14(19)9(2)15-12(17)11-5-4-8-16(11)13(18)10-6-7-10/h9-11H,3-8H2,1-2H3,(H,15,17). The molecule has 0 spiro atoms. The first-order valence-electron chi connectivity index (χ1n) is 7.32. The van der Waals surface area contributed by atoms with E-state index in [0.29, 0.717) is 13.0 Å². The molecule has 2 amide bonds. The third kappa shape index (κ3) is 3.29. The second kappa shape index (κ2) is 6.24. The summed E-state index contributed by atoms with van der Waals surface area (Å²) in [4.78, 5) is 37.5. The molecule has 0 aromatic heterocycles. The van der Waals surface area contributed by atoms with E-state index in [-0.39, 0.29) is 24.3 Å². The molecule has 0 radical (unpaired) electrons. The van der Waals surface area contributed by atoms with E-state index in [1.807, 2.05) is 0 Å². The molecule has 1 aliphatic carbocycles. The monoisotopic (exact) mass is 282 g/mol. The second-order valence-electron chi connectivity index (χ2n) is 5.45. The van der Waals surface area contributed by atoms with Crippen molar-refractivity contribution in [3.63, 3.8) is 0 Å². The first-order valence-corrected chi connectivity index (χ1v) is 7.32. The van der Waals surface area contributed by atoms with Crippen LogP contribution in [0, 0.1) is 5.92 Å². The zero-order chi connectivity index (χ0) is 14.7. The number of hydrogen-bond donors (Lipinski definition) is 1. The number of rotatable bonds is 5. The average Bonchev–Trinajstić information content (AvgIpc) is 3.14. The number of carbonyl (C=O) groups is 3. The maximum atomic E-state index is 12.2. The summed E-state index contributed by atoms with van der Waals surface area (Å²) in [7, 11) is 0. The number of nitrogens with zero attached hydrogens (tertiary/aromatic N) is 1. The van der Waals surface area contributed by atoms with Crippen molar-refractivity contribution in [2.45, 2.75) is 51.6 Å². The minimum atomic E-state index is -0.680. The van der Waals surface area contributed by atoms with E-state index in [1.54, 1.807) is 18.7 Å². The smallest absolute Gasteiger partial charge is 0.328 e. The van der Waals surface area contributed by atoms with Gasteiger partial charge in [-0.1, -0.05) is 0 Å². The Labute approximate surface area is 118 Å². The van der Waals surface area contributed by atoms with Crippen LogP contribution in [-0.4, -0.2) is 47.9 Å². The van der Waals surface area contributed by atoms with Gasteiger partial charge in [-0.25, -0.2) is 4.79 Å². The third-order valence-corrected chi connectivity index (χ3v) is 3.76. The molecule has 1 saturated heterocycles. The molecule has 2 rings (SSSR count). The first-order chi connectivity index (χ1) is 9.54. The third-order valence-electron chi connectivity index (χ3n) is 3.76. The highest BCUT2D eigenvalue weighted by molar-refractivity contribution is 5.92. The second-order valence-corrected chi connectivity index (χ2v) is 5.45. The number of esters is 1. The highest BCUT2D eigenvalue weighted by Gasteiger charge is 2.41. The molecule has 6 heteroatoms. The molecule has 20 heavy (non-hydrogen) atoms. The van der Waals surface area contributed by atoms with Crippen molar-refractivity contribution >= 4 is 17.8 Å². The van der Waals surface area contributed by atoms with Crippen LogP contribution in [0.4, 0.5) is 0 Å². The summed E-state index contributed by atoms with van der Waals surface area (Å²) in [6, 6.07) is -1.11. The molecule has 112 valence electrons. The predicted molar refractivity (Wildman–Crippen MR) is 71.7 cm³/mol. The quantitative estimate of drug-likeness (QED) is 0.743. The molecule has 0 aromatic carbocycles. The van der Waals surface area contributed by atoms with Gasteiger partial charge in [0.05, 0.1) is 6.61 Å². The minimum Gasteiger partial charge on any atom is -0.464 e.